The molecule has 2 aromatic heterocycles. The van der Waals surface area contributed by atoms with Crippen LogP contribution in [0.1, 0.15) is 45.4 Å². The molecule has 3 aromatic carbocycles. The standard InChI is InChI=1S/C32H29N3O3S2/c1-22-29(30(34-38-22)23-10-4-2-5-11-23)28-20-39-31(33-28)24-16-18-35(19-17-24)32(36)27-15-9-8-12-25(27)21-40(37)26-13-6-3-7-14-26/h2-15,20,24H,16-19,21H2,1H3. The Morgan fingerprint density at radius 3 is 2.40 bits per heavy atom. The van der Waals surface area contributed by atoms with E-state index < -0.39 is 10.8 Å². The van der Waals surface area contributed by atoms with Crippen LogP contribution in [0.4, 0.5) is 0 Å². The van der Waals surface area contributed by atoms with E-state index in [1.54, 1.807) is 11.3 Å². The Morgan fingerprint density at radius 2 is 1.65 bits per heavy atom. The summed E-state index contributed by atoms with van der Waals surface area (Å²) in [6.07, 6.45) is 1.70. The summed E-state index contributed by atoms with van der Waals surface area (Å²) in [6.45, 7) is 3.25. The number of aryl methyl sites for hydroxylation is 1. The first-order chi connectivity index (χ1) is 19.6. The lowest BCUT2D eigenvalue weighted by Crippen LogP contribution is -2.38. The number of likely N-dealkylation sites (tertiary alicyclic amines) is 1. The zero-order valence-electron chi connectivity index (χ0n) is 22.2. The molecule has 0 spiro atoms. The van der Waals surface area contributed by atoms with Crippen molar-refractivity contribution in [3.63, 3.8) is 0 Å². The van der Waals surface area contributed by atoms with E-state index in [0.717, 1.165) is 56.6 Å². The number of carbonyl (C=O) groups excluding carboxylic acids is 1. The highest BCUT2D eigenvalue weighted by molar-refractivity contribution is 7.84. The first kappa shape index (κ1) is 26.3. The fraction of sp³-hybridized carbons (Fsp3) is 0.219. The van der Waals surface area contributed by atoms with Gasteiger partial charge in [0.15, 0.2) is 0 Å². The van der Waals surface area contributed by atoms with Gasteiger partial charge in [-0.25, -0.2) is 4.98 Å². The molecule has 3 heterocycles. The maximum atomic E-state index is 13.5. The molecule has 1 aliphatic rings. The topological polar surface area (TPSA) is 76.3 Å². The predicted molar refractivity (Wildman–Crippen MR) is 159 cm³/mol. The predicted octanol–water partition coefficient (Wildman–Crippen LogP) is 7.10. The molecular formula is C32H29N3O3S2. The highest BCUT2D eigenvalue weighted by Gasteiger charge is 2.28. The van der Waals surface area contributed by atoms with Gasteiger partial charge in [-0.3, -0.25) is 9.00 Å². The highest BCUT2D eigenvalue weighted by Crippen LogP contribution is 2.38. The maximum absolute atomic E-state index is 13.5. The largest absolute Gasteiger partial charge is 0.360 e. The normalized spacial score (nSPS) is 14.8. The summed E-state index contributed by atoms with van der Waals surface area (Å²) in [4.78, 5) is 21.2. The van der Waals surface area contributed by atoms with Crippen LogP contribution in [-0.2, 0) is 16.6 Å². The fourth-order valence-corrected chi connectivity index (χ4v) is 7.35. The quantitative estimate of drug-likeness (QED) is 0.210. The van der Waals surface area contributed by atoms with E-state index in [1.165, 1.54) is 0 Å². The van der Waals surface area contributed by atoms with Crippen LogP contribution in [0.5, 0.6) is 0 Å². The Labute approximate surface area is 240 Å². The number of amides is 1. The molecule has 0 aliphatic carbocycles. The lowest BCUT2D eigenvalue weighted by molar-refractivity contribution is 0.0712. The van der Waals surface area contributed by atoms with E-state index in [9.17, 15) is 9.00 Å². The molecule has 6 nitrogen and oxygen atoms in total. The molecule has 202 valence electrons. The molecule has 0 N–H and O–H groups in total. The number of nitrogens with zero attached hydrogens (tertiary/aromatic N) is 3. The summed E-state index contributed by atoms with van der Waals surface area (Å²) in [5, 5.41) is 7.48. The van der Waals surface area contributed by atoms with Crippen molar-refractivity contribution in [2.45, 2.75) is 36.3 Å². The second-order valence-corrected chi connectivity index (χ2v) is 12.3. The van der Waals surface area contributed by atoms with Gasteiger partial charge in [0.05, 0.1) is 32.8 Å². The van der Waals surface area contributed by atoms with Crippen LogP contribution in [0.25, 0.3) is 22.5 Å². The highest BCUT2D eigenvalue weighted by atomic mass is 32.2. The van der Waals surface area contributed by atoms with Crippen LogP contribution in [-0.4, -0.2) is 38.2 Å². The number of benzene rings is 3. The van der Waals surface area contributed by atoms with E-state index >= 15 is 0 Å². The fourth-order valence-electron chi connectivity index (χ4n) is 5.21. The number of piperidine rings is 1. The van der Waals surface area contributed by atoms with E-state index in [1.807, 2.05) is 96.8 Å². The van der Waals surface area contributed by atoms with Gasteiger partial charge in [-0.15, -0.1) is 11.3 Å². The second-order valence-electron chi connectivity index (χ2n) is 9.93. The van der Waals surface area contributed by atoms with Crippen molar-refractivity contribution in [3.05, 3.63) is 112 Å². The Bertz CT molecular complexity index is 1640. The smallest absolute Gasteiger partial charge is 0.254 e. The lowest BCUT2D eigenvalue weighted by Gasteiger charge is -2.31. The molecule has 0 radical (unpaired) electrons. The van der Waals surface area contributed by atoms with E-state index in [4.69, 9.17) is 9.51 Å². The second kappa shape index (κ2) is 11.7. The van der Waals surface area contributed by atoms with Crippen LogP contribution >= 0.6 is 11.3 Å². The van der Waals surface area contributed by atoms with Gasteiger partial charge in [0.25, 0.3) is 5.91 Å². The Kier molecular flexibility index (Phi) is 7.71. The minimum Gasteiger partial charge on any atom is -0.360 e. The molecule has 1 saturated heterocycles. The molecule has 1 fully saturated rings. The van der Waals surface area contributed by atoms with Crippen molar-refractivity contribution in [1.82, 2.24) is 15.0 Å². The van der Waals surface area contributed by atoms with Crippen LogP contribution in [0, 0.1) is 6.92 Å². The van der Waals surface area contributed by atoms with Gasteiger partial charge in [-0.1, -0.05) is 71.9 Å². The summed E-state index contributed by atoms with van der Waals surface area (Å²) in [7, 11) is -1.21. The molecule has 8 heteroatoms. The van der Waals surface area contributed by atoms with Crippen molar-refractivity contribution in [1.29, 1.82) is 0 Å². The number of hydrogen-bond acceptors (Lipinski definition) is 6. The molecule has 40 heavy (non-hydrogen) atoms. The van der Waals surface area contributed by atoms with Crippen molar-refractivity contribution < 1.29 is 13.5 Å². The van der Waals surface area contributed by atoms with E-state index in [-0.39, 0.29) is 5.91 Å². The molecule has 0 saturated carbocycles. The summed E-state index contributed by atoms with van der Waals surface area (Å²) in [5.41, 5.74) is 5.09. The summed E-state index contributed by atoms with van der Waals surface area (Å²) in [6, 6.07) is 27.0. The minimum atomic E-state index is -1.21. The Hall–Kier alpha value is -3.88. The number of rotatable bonds is 7. The first-order valence-corrected chi connectivity index (χ1v) is 15.6. The van der Waals surface area contributed by atoms with Crippen LogP contribution in [0.3, 0.4) is 0 Å². The van der Waals surface area contributed by atoms with Gasteiger partial charge in [0, 0.05) is 40.4 Å². The van der Waals surface area contributed by atoms with Crippen LogP contribution in [0.15, 0.2) is 99.7 Å². The van der Waals surface area contributed by atoms with Crippen LogP contribution in [0.2, 0.25) is 0 Å². The van der Waals surface area contributed by atoms with Gasteiger partial charge >= 0.3 is 0 Å². The molecule has 6 rings (SSSR count). The number of carbonyl (C=O) groups is 1. The third-order valence-electron chi connectivity index (χ3n) is 7.36. The molecule has 5 aromatic rings. The molecular weight excluding hydrogens is 539 g/mol. The molecule has 1 unspecified atom stereocenters. The minimum absolute atomic E-state index is 0.00605. The van der Waals surface area contributed by atoms with Gasteiger partial charge in [-0.2, -0.15) is 0 Å². The molecule has 1 amide bonds. The van der Waals surface area contributed by atoms with Crippen LogP contribution < -0.4 is 0 Å². The van der Waals surface area contributed by atoms with Crippen molar-refractivity contribution in [2.75, 3.05) is 13.1 Å². The first-order valence-electron chi connectivity index (χ1n) is 13.4. The summed E-state index contributed by atoms with van der Waals surface area (Å²) >= 11 is 1.66. The Balaban J connectivity index is 1.14. The molecule has 0 bridgehead atoms. The number of hydrogen-bond donors (Lipinski definition) is 0. The van der Waals surface area contributed by atoms with E-state index in [0.29, 0.717) is 30.3 Å². The zero-order chi connectivity index (χ0) is 27.5. The van der Waals surface area contributed by atoms with Gasteiger partial charge in [-0.05, 0) is 43.5 Å². The summed E-state index contributed by atoms with van der Waals surface area (Å²) in [5.74, 6) is 1.37. The molecule has 1 atom stereocenters. The number of aromatic nitrogens is 2. The third-order valence-corrected chi connectivity index (χ3v) is 9.74. The third kappa shape index (κ3) is 5.42. The van der Waals surface area contributed by atoms with Crippen molar-refractivity contribution in [3.8, 4) is 22.5 Å². The van der Waals surface area contributed by atoms with E-state index in [2.05, 4.69) is 10.5 Å². The van der Waals surface area contributed by atoms with Gasteiger partial charge in [0.2, 0.25) is 0 Å². The van der Waals surface area contributed by atoms with Crippen molar-refractivity contribution in [2.24, 2.45) is 0 Å². The average Bonchev–Trinajstić information content (AvgIpc) is 3.65. The van der Waals surface area contributed by atoms with Gasteiger partial charge in [0.1, 0.15) is 11.5 Å². The summed E-state index contributed by atoms with van der Waals surface area (Å²) < 4.78 is 18.5. The van der Waals surface area contributed by atoms with Crippen molar-refractivity contribution >= 4 is 28.0 Å². The zero-order valence-corrected chi connectivity index (χ0v) is 23.8. The molecule has 1 aliphatic heterocycles. The average molecular weight is 568 g/mol. The maximum Gasteiger partial charge on any atom is 0.254 e. The monoisotopic (exact) mass is 567 g/mol. The number of thiazole rings is 1. The Morgan fingerprint density at radius 1 is 0.975 bits per heavy atom. The van der Waals surface area contributed by atoms with Gasteiger partial charge < -0.3 is 9.42 Å². The lowest BCUT2D eigenvalue weighted by atomic mass is 9.96. The SMILES string of the molecule is Cc1onc(-c2ccccc2)c1-c1csc(C2CCN(C(=O)c3ccccc3CS(=O)c3ccccc3)CC2)n1.